The van der Waals surface area contributed by atoms with Gasteiger partial charge in [-0.3, -0.25) is 0 Å². The van der Waals surface area contributed by atoms with Gasteiger partial charge >= 0.3 is 0 Å². The lowest BCUT2D eigenvalue weighted by Crippen LogP contribution is -1.96. The number of aromatic amines is 1. The zero-order valence-electron chi connectivity index (χ0n) is 16.5. The Hall–Kier alpha value is -2.76. The van der Waals surface area contributed by atoms with Crippen LogP contribution in [0.25, 0.3) is 0 Å². The molecular weight excluding hydrogens is 352 g/mol. The van der Waals surface area contributed by atoms with Crippen LogP contribution in [0.4, 0.5) is 0 Å². The first-order valence-corrected chi connectivity index (χ1v) is 9.39. The number of aldehydes is 1. The fourth-order valence-corrected chi connectivity index (χ4v) is 2.38. The Balaban J connectivity index is 0.000000221. The lowest BCUT2D eigenvalue weighted by atomic mass is 10.2. The van der Waals surface area contributed by atoms with Crippen molar-refractivity contribution in [1.29, 1.82) is 0 Å². The molecule has 1 N–H and O–H groups in total. The summed E-state index contributed by atoms with van der Waals surface area (Å²) in [6.45, 7) is 6.12. The normalized spacial score (nSPS) is 10.4. The molecule has 0 spiro atoms. The highest BCUT2D eigenvalue weighted by Gasteiger charge is 2.04. The number of aromatic nitrogens is 2. The van der Waals surface area contributed by atoms with E-state index in [4.69, 9.17) is 9.47 Å². The number of carbonyl (C=O) groups is 1. The highest BCUT2D eigenvalue weighted by atomic mass is 16.5. The second-order valence-corrected chi connectivity index (χ2v) is 6.59. The lowest BCUT2D eigenvalue weighted by Gasteiger charge is -2.02. The molecule has 0 radical (unpaired) electrons. The molecule has 0 saturated heterocycles. The van der Waals surface area contributed by atoms with Gasteiger partial charge in [0.2, 0.25) is 0 Å². The molecule has 0 atom stereocenters. The van der Waals surface area contributed by atoms with Crippen molar-refractivity contribution < 1.29 is 14.3 Å². The molecule has 5 heteroatoms. The van der Waals surface area contributed by atoms with Crippen molar-refractivity contribution in [1.82, 2.24) is 9.97 Å². The predicted molar refractivity (Wildman–Crippen MR) is 110 cm³/mol. The summed E-state index contributed by atoms with van der Waals surface area (Å²) in [5.41, 5.74) is 3.43. The number of ether oxygens (including phenoxy) is 2. The Bertz CT molecular complexity index is 786. The molecule has 0 unspecified atom stereocenters. The van der Waals surface area contributed by atoms with Crippen LogP contribution in [0, 0.1) is 0 Å². The Morgan fingerprint density at radius 1 is 0.893 bits per heavy atom. The quantitative estimate of drug-likeness (QED) is 0.433. The van der Waals surface area contributed by atoms with Crippen molar-refractivity contribution in [2.24, 2.45) is 0 Å². The van der Waals surface area contributed by atoms with Crippen LogP contribution in [0.5, 0.6) is 0 Å². The summed E-state index contributed by atoms with van der Waals surface area (Å²) in [7, 11) is 0. The van der Waals surface area contributed by atoms with Gasteiger partial charge in [-0.1, -0.05) is 74.5 Å². The molecule has 0 aliphatic heterocycles. The molecule has 0 fully saturated rings. The Kier molecular flexibility index (Phi) is 9.69. The molecule has 0 aliphatic rings. The molecule has 148 valence electrons. The predicted octanol–water partition coefficient (Wildman–Crippen LogP) is 4.65. The third-order valence-corrected chi connectivity index (χ3v) is 3.92. The van der Waals surface area contributed by atoms with E-state index in [9.17, 15) is 4.79 Å². The highest BCUT2D eigenvalue weighted by Crippen LogP contribution is 2.11. The molecule has 3 aromatic rings. The van der Waals surface area contributed by atoms with Gasteiger partial charge in [-0.2, -0.15) is 0 Å². The maximum absolute atomic E-state index is 9.87. The van der Waals surface area contributed by atoms with E-state index in [-0.39, 0.29) is 6.61 Å². The molecule has 1 heterocycles. The van der Waals surface area contributed by atoms with Gasteiger partial charge in [0.05, 0.1) is 13.2 Å². The zero-order valence-corrected chi connectivity index (χ0v) is 16.5. The van der Waals surface area contributed by atoms with E-state index in [1.165, 1.54) is 5.56 Å². The summed E-state index contributed by atoms with van der Waals surface area (Å²) < 4.78 is 10.6. The number of rotatable bonds is 9. The molecule has 3 rings (SSSR count). The third kappa shape index (κ3) is 8.29. The topological polar surface area (TPSA) is 64.2 Å². The number of nitrogens with one attached hydrogen (secondary N) is 1. The monoisotopic (exact) mass is 380 g/mol. The average Bonchev–Trinajstić information content (AvgIpc) is 3.20. The van der Waals surface area contributed by atoms with Crippen LogP contribution in [0.1, 0.15) is 42.4 Å². The highest BCUT2D eigenvalue weighted by molar-refractivity contribution is 5.50. The van der Waals surface area contributed by atoms with Crippen LogP contribution < -0.4 is 0 Å². The van der Waals surface area contributed by atoms with Gasteiger partial charge in [-0.05, 0) is 17.0 Å². The van der Waals surface area contributed by atoms with Gasteiger partial charge < -0.3 is 19.3 Å². The molecule has 0 bridgehead atoms. The maximum atomic E-state index is 9.87. The Morgan fingerprint density at radius 2 is 1.46 bits per heavy atom. The van der Waals surface area contributed by atoms with Gasteiger partial charge in [0.1, 0.15) is 25.3 Å². The number of carbonyl (C=O) groups excluding carboxylic acids is 1. The fourth-order valence-electron chi connectivity index (χ4n) is 2.38. The molecule has 5 nitrogen and oxygen atoms in total. The summed E-state index contributed by atoms with van der Waals surface area (Å²) in [4.78, 5) is 17.4. The SMILES string of the molecule is CC(C)c1cnc(COCc2ccccc2)[nH]1.O=CCOCc1ccccc1. The Labute approximate surface area is 166 Å². The molecule has 0 saturated carbocycles. The zero-order chi connectivity index (χ0) is 20.0. The first-order valence-electron chi connectivity index (χ1n) is 9.39. The number of imidazole rings is 1. The van der Waals surface area contributed by atoms with Crippen LogP contribution in [0.2, 0.25) is 0 Å². The van der Waals surface area contributed by atoms with Crippen molar-refractivity contribution in [3.8, 4) is 0 Å². The number of hydrogen-bond donors (Lipinski definition) is 1. The molecule has 0 aliphatic carbocycles. The van der Waals surface area contributed by atoms with Gasteiger partial charge in [-0.15, -0.1) is 0 Å². The minimum absolute atomic E-state index is 0.175. The number of nitrogens with zero attached hydrogens (tertiary/aromatic N) is 1. The van der Waals surface area contributed by atoms with E-state index in [0.29, 0.717) is 25.7 Å². The number of H-pyrrole nitrogens is 1. The van der Waals surface area contributed by atoms with Crippen molar-refractivity contribution in [2.45, 2.75) is 39.6 Å². The van der Waals surface area contributed by atoms with Crippen LogP contribution in [0.15, 0.2) is 66.9 Å². The number of benzene rings is 2. The first-order chi connectivity index (χ1) is 13.7. The first kappa shape index (κ1) is 21.5. The van der Waals surface area contributed by atoms with Crippen LogP contribution in [0.3, 0.4) is 0 Å². The lowest BCUT2D eigenvalue weighted by molar-refractivity contribution is -0.112. The van der Waals surface area contributed by atoms with Gasteiger partial charge in [-0.25, -0.2) is 4.98 Å². The summed E-state index contributed by atoms with van der Waals surface area (Å²) in [5, 5.41) is 0. The van der Waals surface area contributed by atoms with Crippen molar-refractivity contribution in [3.63, 3.8) is 0 Å². The summed E-state index contributed by atoms with van der Waals surface area (Å²) in [6, 6.07) is 19.9. The number of hydrogen-bond acceptors (Lipinski definition) is 4. The van der Waals surface area contributed by atoms with E-state index in [1.54, 1.807) is 0 Å². The summed E-state index contributed by atoms with van der Waals surface area (Å²) in [6.07, 6.45) is 2.63. The molecule has 1 aromatic heterocycles. The second kappa shape index (κ2) is 12.6. The van der Waals surface area contributed by atoms with Crippen LogP contribution in [-0.4, -0.2) is 22.9 Å². The molecule has 28 heavy (non-hydrogen) atoms. The van der Waals surface area contributed by atoms with Crippen LogP contribution in [-0.2, 0) is 34.1 Å². The van der Waals surface area contributed by atoms with E-state index >= 15 is 0 Å². The molecule has 0 amide bonds. The Morgan fingerprint density at radius 3 is 1.96 bits per heavy atom. The van der Waals surface area contributed by atoms with Crippen molar-refractivity contribution in [3.05, 3.63) is 89.5 Å². The minimum atomic E-state index is 0.175. The standard InChI is InChI=1S/C14H18N2O.C9H10O2/c1-11(2)13-8-15-14(16-13)10-17-9-12-6-4-3-5-7-12;10-6-7-11-8-9-4-2-1-3-5-9/h3-8,11H,9-10H2,1-2H3,(H,15,16);1-6H,7-8H2. The fraction of sp³-hybridized carbons (Fsp3) is 0.304. The van der Waals surface area contributed by atoms with Crippen LogP contribution >= 0.6 is 0 Å². The van der Waals surface area contributed by atoms with E-state index in [1.807, 2.05) is 54.7 Å². The maximum Gasteiger partial charge on any atom is 0.145 e. The van der Waals surface area contributed by atoms with Crippen molar-refractivity contribution >= 4 is 6.29 Å². The van der Waals surface area contributed by atoms with Gasteiger partial charge in [0.25, 0.3) is 0 Å². The summed E-state index contributed by atoms with van der Waals surface area (Å²) in [5.74, 6) is 1.37. The van der Waals surface area contributed by atoms with Gasteiger partial charge in [0, 0.05) is 11.9 Å². The minimum Gasteiger partial charge on any atom is -0.369 e. The largest absolute Gasteiger partial charge is 0.369 e. The smallest absolute Gasteiger partial charge is 0.145 e. The molecular formula is C23H28N2O3. The van der Waals surface area contributed by atoms with E-state index in [0.717, 1.165) is 23.4 Å². The van der Waals surface area contributed by atoms with Gasteiger partial charge in [0.15, 0.2) is 0 Å². The van der Waals surface area contributed by atoms with E-state index in [2.05, 4.69) is 35.9 Å². The second-order valence-electron chi connectivity index (χ2n) is 6.59. The summed E-state index contributed by atoms with van der Waals surface area (Å²) >= 11 is 0. The van der Waals surface area contributed by atoms with E-state index < -0.39 is 0 Å². The average molecular weight is 380 g/mol. The molecule has 2 aromatic carbocycles. The van der Waals surface area contributed by atoms with Crippen molar-refractivity contribution in [2.75, 3.05) is 6.61 Å². The third-order valence-electron chi connectivity index (χ3n) is 3.92.